The van der Waals surface area contributed by atoms with Crippen molar-refractivity contribution in [2.24, 2.45) is 4.99 Å². The van der Waals surface area contributed by atoms with E-state index in [0.717, 1.165) is 0 Å². The molecule has 49 heavy (non-hydrogen) atoms. The van der Waals surface area contributed by atoms with Crippen molar-refractivity contribution in [1.29, 1.82) is 0 Å². The zero-order valence-corrected chi connectivity index (χ0v) is 28.8. The highest BCUT2D eigenvalue weighted by Crippen LogP contribution is 2.46. The minimum absolute atomic E-state index is 0.00790. The van der Waals surface area contributed by atoms with Gasteiger partial charge in [-0.25, -0.2) is 4.79 Å². The van der Waals surface area contributed by atoms with E-state index >= 15 is 0 Å². The molecule has 3 aromatic carbocycles. The van der Waals surface area contributed by atoms with Crippen LogP contribution in [0.25, 0.3) is 16.7 Å². The molecule has 0 fully saturated rings. The van der Waals surface area contributed by atoms with Gasteiger partial charge in [0.1, 0.15) is 17.3 Å². The standard InChI is InChI=1S/C32H30N2O12S3/c1-31(2)12-16(14-47(37,38)39)20-9-22-25(11-24(20)33-31)46-28-23(26(22)18-7-5-6-8-19(18)30(35)36)10-21-17(15-48(40,41)42)13-32(3,4)34-27(21)29(28)49(43,44)45/h5-13,33H,14-15H2,1-4H3,(H,35,36)(H,37,38,39)(H,40,41,42)(H,43,44,45). The molecule has 0 amide bonds. The average Bonchev–Trinajstić information content (AvgIpc) is 2.90. The lowest BCUT2D eigenvalue weighted by Crippen LogP contribution is -2.35. The molecule has 3 aromatic rings. The Morgan fingerprint density at radius 2 is 1.43 bits per heavy atom. The number of hydrogen-bond acceptors (Lipinski definition) is 10. The fourth-order valence-electron chi connectivity index (χ4n) is 6.53. The summed E-state index contributed by atoms with van der Waals surface area (Å²) < 4.78 is 111. The first-order valence-electron chi connectivity index (χ1n) is 14.5. The summed E-state index contributed by atoms with van der Waals surface area (Å²) in [5.41, 5.74) is -1.19. The third kappa shape index (κ3) is 6.64. The van der Waals surface area contributed by atoms with Gasteiger partial charge in [-0.1, -0.05) is 30.4 Å². The molecule has 0 spiro atoms. The SMILES string of the molecule is CC1(C)C=C(CS(=O)(=O)O)c2cc3c(c(S(=O)(=O)O)c2=N1)Oc1cc2c(cc1C=3c1ccccc1C(=O)O)C(CS(=O)(=O)O)=CC(C)(C)N2. The van der Waals surface area contributed by atoms with Crippen LogP contribution in [0.2, 0.25) is 0 Å². The van der Waals surface area contributed by atoms with Gasteiger partial charge in [0.15, 0.2) is 10.6 Å². The molecule has 258 valence electrons. The van der Waals surface area contributed by atoms with Crippen molar-refractivity contribution in [2.75, 3.05) is 16.8 Å². The van der Waals surface area contributed by atoms with Crippen molar-refractivity contribution in [3.05, 3.63) is 93.0 Å². The number of ether oxygens (including phenoxy) is 1. The summed E-state index contributed by atoms with van der Waals surface area (Å²) in [4.78, 5) is 16.2. The van der Waals surface area contributed by atoms with Crippen LogP contribution in [-0.4, -0.2) is 72.6 Å². The number of fused-ring (bicyclic) bond motifs is 4. The second-order valence-electron chi connectivity index (χ2n) is 13.1. The van der Waals surface area contributed by atoms with Gasteiger partial charge >= 0.3 is 5.97 Å². The van der Waals surface area contributed by atoms with Gasteiger partial charge in [0.25, 0.3) is 30.4 Å². The largest absolute Gasteiger partial charge is 0.478 e. The molecule has 3 heterocycles. The maximum Gasteiger partial charge on any atom is 0.336 e. The molecule has 0 saturated carbocycles. The Balaban J connectivity index is 1.84. The van der Waals surface area contributed by atoms with Crippen molar-refractivity contribution >= 4 is 58.7 Å². The Bertz CT molecular complexity index is 2550. The zero-order valence-electron chi connectivity index (χ0n) is 26.3. The third-order valence-electron chi connectivity index (χ3n) is 8.05. The van der Waals surface area contributed by atoms with E-state index in [1.165, 1.54) is 42.5 Å². The lowest BCUT2D eigenvalue weighted by atomic mass is 9.84. The lowest BCUT2D eigenvalue weighted by Gasteiger charge is -2.34. The number of rotatable bonds is 7. The van der Waals surface area contributed by atoms with E-state index in [2.05, 4.69) is 10.3 Å². The third-order valence-corrected chi connectivity index (χ3v) is 10.3. The predicted molar refractivity (Wildman–Crippen MR) is 179 cm³/mol. The number of aromatic carboxylic acids is 1. The second-order valence-corrected chi connectivity index (χ2v) is 17.3. The van der Waals surface area contributed by atoms with Crippen molar-refractivity contribution in [3.8, 4) is 11.5 Å². The van der Waals surface area contributed by atoms with Crippen LogP contribution in [0.4, 0.5) is 5.69 Å². The van der Waals surface area contributed by atoms with Crippen LogP contribution in [0.5, 0.6) is 11.5 Å². The maximum atomic E-state index is 13.2. The van der Waals surface area contributed by atoms with Gasteiger partial charge in [0, 0.05) is 39.2 Å². The van der Waals surface area contributed by atoms with Gasteiger partial charge in [-0.05, 0) is 62.6 Å². The fourth-order valence-corrected chi connectivity index (χ4v) is 8.58. The van der Waals surface area contributed by atoms with E-state index in [0.29, 0.717) is 11.3 Å². The maximum absolute atomic E-state index is 13.2. The normalized spacial score (nSPS) is 17.5. The number of carboxylic acids is 1. The van der Waals surface area contributed by atoms with Crippen molar-refractivity contribution in [1.82, 2.24) is 0 Å². The molecular formula is C32H30N2O12S3. The number of nitrogens with zero attached hydrogens (tertiary/aromatic N) is 1. The van der Waals surface area contributed by atoms with Crippen LogP contribution >= 0.6 is 0 Å². The van der Waals surface area contributed by atoms with E-state index in [9.17, 15) is 48.8 Å². The molecule has 3 aliphatic rings. The highest BCUT2D eigenvalue weighted by molar-refractivity contribution is 7.86. The van der Waals surface area contributed by atoms with Crippen LogP contribution < -0.4 is 20.6 Å². The summed E-state index contributed by atoms with van der Waals surface area (Å²) in [6, 6.07) is 10.1. The van der Waals surface area contributed by atoms with Crippen LogP contribution in [-0.2, 0) is 30.4 Å². The Hall–Kier alpha value is -4.39. The van der Waals surface area contributed by atoms with Crippen LogP contribution in [0.15, 0.2) is 64.5 Å². The molecule has 0 aliphatic carbocycles. The average molecular weight is 731 g/mol. The second kappa shape index (κ2) is 11.1. The Morgan fingerprint density at radius 3 is 2.02 bits per heavy atom. The minimum Gasteiger partial charge on any atom is -0.478 e. The van der Waals surface area contributed by atoms with Gasteiger partial charge < -0.3 is 15.2 Å². The van der Waals surface area contributed by atoms with E-state index in [4.69, 9.17) is 4.74 Å². The van der Waals surface area contributed by atoms with Crippen LogP contribution in [0.1, 0.15) is 60.3 Å². The van der Waals surface area contributed by atoms with Gasteiger partial charge in [0.05, 0.1) is 22.0 Å². The molecule has 0 saturated heterocycles. The molecule has 0 aromatic heterocycles. The molecule has 0 atom stereocenters. The number of carbonyl (C=O) groups is 1. The molecule has 14 nitrogen and oxygen atoms in total. The number of anilines is 1. The number of nitrogens with one attached hydrogen (secondary N) is 1. The molecule has 5 N–H and O–H groups in total. The summed E-state index contributed by atoms with van der Waals surface area (Å²) in [6.07, 6.45) is 3.03. The molecule has 17 heteroatoms. The fraction of sp³-hybridized carbons (Fsp3) is 0.250. The monoisotopic (exact) mass is 730 g/mol. The van der Waals surface area contributed by atoms with Crippen LogP contribution in [0, 0.1) is 0 Å². The zero-order chi connectivity index (χ0) is 36.1. The van der Waals surface area contributed by atoms with E-state index in [1.807, 2.05) is 0 Å². The summed E-state index contributed by atoms with van der Waals surface area (Å²) in [5, 5.41) is 13.0. The van der Waals surface area contributed by atoms with Crippen molar-refractivity contribution in [3.63, 3.8) is 0 Å². The van der Waals surface area contributed by atoms with Gasteiger partial charge in [-0.2, -0.15) is 25.3 Å². The van der Waals surface area contributed by atoms with E-state index in [1.54, 1.807) is 39.8 Å². The highest BCUT2D eigenvalue weighted by atomic mass is 32.2. The molecular weight excluding hydrogens is 701 g/mol. The molecule has 3 aliphatic heterocycles. The van der Waals surface area contributed by atoms with Gasteiger partial charge in [-0.3, -0.25) is 18.7 Å². The molecule has 0 unspecified atom stereocenters. The smallest absolute Gasteiger partial charge is 0.336 e. The van der Waals surface area contributed by atoms with E-state index in [-0.39, 0.29) is 55.3 Å². The summed E-state index contributed by atoms with van der Waals surface area (Å²) in [7, 11) is -14.4. The van der Waals surface area contributed by atoms with Crippen LogP contribution in [0.3, 0.4) is 0 Å². The molecule has 0 bridgehead atoms. The minimum atomic E-state index is -5.21. The summed E-state index contributed by atoms with van der Waals surface area (Å²) >= 11 is 0. The first-order valence-corrected chi connectivity index (χ1v) is 19.2. The Morgan fingerprint density at radius 1 is 0.816 bits per heavy atom. The molecule has 6 rings (SSSR count). The number of carboxylic acid groups (broad SMARTS) is 1. The first kappa shape index (κ1) is 34.5. The Kier molecular flexibility index (Phi) is 7.78. The topological polar surface area (TPSA) is 234 Å². The highest BCUT2D eigenvalue weighted by Gasteiger charge is 2.36. The van der Waals surface area contributed by atoms with Crippen molar-refractivity contribution in [2.45, 2.75) is 43.7 Å². The van der Waals surface area contributed by atoms with Gasteiger partial charge in [0.2, 0.25) is 0 Å². The predicted octanol–water partition coefficient (Wildman–Crippen LogP) is 3.14. The molecule has 0 radical (unpaired) electrons. The van der Waals surface area contributed by atoms with E-state index < -0.39 is 69.6 Å². The number of hydrogen-bond donors (Lipinski definition) is 5. The van der Waals surface area contributed by atoms with Crippen molar-refractivity contribution < 1.29 is 53.5 Å². The Labute approximate surface area is 281 Å². The lowest BCUT2D eigenvalue weighted by molar-refractivity contribution is 0.0696. The first-order chi connectivity index (χ1) is 22.4. The van der Waals surface area contributed by atoms with Gasteiger partial charge in [-0.15, -0.1) is 0 Å². The number of benzene rings is 3. The quantitative estimate of drug-likeness (QED) is 0.172. The summed E-state index contributed by atoms with van der Waals surface area (Å²) in [5.74, 6) is -3.49. The summed E-state index contributed by atoms with van der Waals surface area (Å²) in [6.45, 7) is 6.61.